The van der Waals surface area contributed by atoms with Gasteiger partial charge >= 0.3 is 21.1 Å². The fraction of sp³-hybridized carbons (Fsp3) is 0.440. The van der Waals surface area contributed by atoms with Crippen molar-refractivity contribution in [1.29, 1.82) is 0 Å². The molecular weight excluding hydrogens is 1760 g/mol. The third-order valence-electron chi connectivity index (χ3n) is 15.7. The number of rotatable bonds is 8. The zero-order valence-corrected chi connectivity index (χ0v) is 65.1. The number of benzene rings is 6. The first-order valence-electron chi connectivity index (χ1n) is 29.5. The molecule has 0 aliphatic carbocycles. The number of hydrogen-bond acceptors (Lipinski definition) is 20. The fourth-order valence-electron chi connectivity index (χ4n) is 8.25. The fourth-order valence-corrected chi connectivity index (χ4v) is 10.2. The molecule has 11 rings (SSSR count). The Morgan fingerprint density at radius 3 is 1.17 bits per heavy atom. The maximum absolute atomic E-state index is 13.1. The van der Waals surface area contributed by atoms with Crippen LogP contribution in [0.1, 0.15) is 192 Å². The predicted molar refractivity (Wildman–Crippen MR) is 470 cm³/mol. The minimum absolute atomic E-state index is 0. The monoisotopic (exact) mass is 1880 g/mol. The van der Waals surface area contributed by atoms with Crippen LogP contribution >= 0.6 is 91.3 Å². The quantitative estimate of drug-likeness (QED) is 0.0142. The van der Waals surface area contributed by atoms with Crippen molar-refractivity contribution >= 4 is 175 Å². The van der Waals surface area contributed by atoms with Gasteiger partial charge in [-0.1, -0.05) is 200 Å². The first-order valence-corrected chi connectivity index (χ1v) is 33.8. The Hall–Kier alpha value is -5.78. The predicted octanol–water partition coefficient (Wildman–Crippen LogP) is 23.3. The zero-order valence-electron chi connectivity index (χ0n) is 56.4. The van der Waals surface area contributed by atoms with Gasteiger partial charge in [0.05, 0.1) is 67.3 Å². The van der Waals surface area contributed by atoms with Gasteiger partial charge < -0.3 is 63.8 Å². The Balaban J connectivity index is -0.000000180. The number of hydroxylamine groups is 1. The number of aliphatic imine (C=N–C) groups is 1. The summed E-state index contributed by atoms with van der Waals surface area (Å²) in [6, 6.07) is 28.8. The number of nitrogens with one attached hydrogen (secondary N) is 3. The van der Waals surface area contributed by atoms with Crippen molar-refractivity contribution in [1.82, 2.24) is 15.8 Å². The Kier molecular flexibility index (Phi) is 57.3. The summed E-state index contributed by atoms with van der Waals surface area (Å²) in [7, 11) is 5.27. The van der Waals surface area contributed by atoms with Gasteiger partial charge in [-0.2, -0.15) is 0 Å². The summed E-state index contributed by atoms with van der Waals surface area (Å²) in [5, 5.41) is 45.9. The van der Waals surface area contributed by atoms with Crippen molar-refractivity contribution in [2.75, 3.05) is 38.8 Å². The van der Waals surface area contributed by atoms with Gasteiger partial charge in [0.15, 0.2) is 40.1 Å². The van der Waals surface area contributed by atoms with Gasteiger partial charge in [0.2, 0.25) is 0 Å². The van der Waals surface area contributed by atoms with E-state index in [1.807, 2.05) is 139 Å². The summed E-state index contributed by atoms with van der Waals surface area (Å²) in [4.78, 5) is 13.8. The van der Waals surface area contributed by atoms with Crippen molar-refractivity contribution in [3.8, 4) is 0 Å². The molecule has 0 unspecified atom stereocenters. The molecule has 3 aliphatic rings. The second-order valence-corrected chi connectivity index (χ2v) is 28.7. The number of nitrogens with zero attached hydrogens (tertiary/aromatic N) is 5. The van der Waals surface area contributed by atoms with Crippen LogP contribution in [-0.4, -0.2) is 132 Å². The Morgan fingerprint density at radius 1 is 0.486 bits per heavy atom. The van der Waals surface area contributed by atoms with E-state index >= 15 is 0 Å². The molecule has 0 saturated carbocycles. The van der Waals surface area contributed by atoms with Gasteiger partial charge in [-0.25, -0.2) is 17.6 Å². The number of amidine groups is 1. The molecule has 0 amide bonds. The molecule has 21 nitrogen and oxygen atoms in total. The molecule has 0 atom stereocenters. The summed E-state index contributed by atoms with van der Waals surface area (Å²) < 4.78 is 101. The molecule has 8 aromatic rings. The van der Waals surface area contributed by atoms with E-state index in [1.54, 1.807) is 18.2 Å². The molecule has 2 aromatic heterocycles. The zero-order chi connectivity index (χ0) is 73.9. The highest BCUT2D eigenvalue weighted by Gasteiger charge is 2.64. The largest absolute Gasteiger partial charge is 0.494 e. The van der Waals surface area contributed by atoms with E-state index in [0.717, 1.165) is 58.7 Å². The van der Waals surface area contributed by atoms with Gasteiger partial charge in [0.1, 0.15) is 23.3 Å². The number of fused-ring (bicyclic) bond motifs is 2. The first kappa shape index (κ1) is 119. The van der Waals surface area contributed by atoms with Crippen molar-refractivity contribution in [3.63, 3.8) is 0 Å². The number of hydrogen-bond donors (Lipinski definition) is 7. The molecule has 5 heterocycles. The Morgan fingerprint density at radius 2 is 0.807 bits per heavy atom. The van der Waals surface area contributed by atoms with Crippen LogP contribution in [-0.2, 0) is 27.9 Å². The minimum atomic E-state index is -0.527. The average Bonchev–Trinajstić information content (AvgIpc) is 1.60. The molecule has 8 N–H and O–H groups in total. The summed E-state index contributed by atoms with van der Waals surface area (Å²) in [5.41, 5.74) is 7.33. The first-order chi connectivity index (χ1) is 45.8. The van der Waals surface area contributed by atoms with Gasteiger partial charge in [0, 0.05) is 49.1 Å². The van der Waals surface area contributed by atoms with Crippen LogP contribution in [0.25, 0.3) is 21.9 Å². The standard InChI is InChI=1S/C14H19BN2O3.C12H24B2O4.C8H8BrFN2O.C8H7BrN2O.C7H4BrClFNO.C7H5BrFNO.C7H4BrFO.CH5N.11CH4/c1-13(2)14(3,4)20-15(19-13)9-6-7-11-10(8-9)12(16-5)17-18-11;1-9(2)10(3,4)16-13(15-9)14-17-11(5,6)12(7,8)18-14;1-11-8(12-13)6-4-5(9)2-3-7(6)10;1-10-8-6-4-5(9)2-3-7(6)12-11-8;8-4-1-2-6(10)5(3-4)7(9)11-12;8-6-1-2-7(9)5(3-6)4-10-11;8-6-1-2-7(9)5(3-6)4-10;1-2;;;;;;;;;;;/h6-8H,1-5H3,(H,16,17);1-8H3;2-4,13H,1H3,(H,11,12);2-4H,1H3,(H,10,11);1-3,12H;1-4,11H;1-4H;2H2,1H3;11*1H4/b;;;;11-7+;10-4-;;;;;;;;;;;;;. The molecule has 3 saturated heterocycles. The van der Waals surface area contributed by atoms with E-state index in [4.69, 9.17) is 64.2 Å². The lowest BCUT2D eigenvalue weighted by molar-refractivity contribution is 0.00578. The van der Waals surface area contributed by atoms with Gasteiger partial charge in [-0.05, 0) is 199 Å². The van der Waals surface area contributed by atoms with Crippen LogP contribution in [0.15, 0.2) is 156 Å². The topological polar surface area (TPSA) is 284 Å². The summed E-state index contributed by atoms with van der Waals surface area (Å²) in [5.74, 6) is -0.279. The summed E-state index contributed by atoms with van der Waals surface area (Å²) in [6.45, 7) is 24.4. The number of aromatic nitrogens is 2. The highest BCUT2D eigenvalue weighted by atomic mass is 79.9. The minimum Gasteiger partial charge on any atom is -0.411 e. The van der Waals surface area contributed by atoms with Gasteiger partial charge in [0.25, 0.3) is 0 Å². The van der Waals surface area contributed by atoms with Gasteiger partial charge in [-0.3, -0.25) is 20.5 Å². The number of aldehydes is 1. The van der Waals surface area contributed by atoms with Crippen molar-refractivity contribution in [3.05, 3.63) is 177 Å². The normalized spacial score (nSPS) is 14.9. The summed E-state index contributed by atoms with van der Waals surface area (Å²) in [6.07, 6.45) is 1.53. The molecule has 0 spiro atoms. The maximum Gasteiger partial charge on any atom is 0.494 e. The smallest absolute Gasteiger partial charge is 0.411 e. The molecule has 3 aliphatic heterocycles. The summed E-state index contributed by atoms with van der Waals surface area (Å²) >= 11 is 21.4. The van der Waals surface area contributed by atoms with Crippen LogP contribution in [0.4, 0.5) is 29.2 Å². The van der Waals surface area contributed by atoms with E-state index in [9.17, 15) is 22.4 Å². The molecule has 109 heavy (non-hydrogen) atoms. The van der Waals surface area contributed by atoms with Crippen LogP contribution in [0, 0.1) is 23.3 Å². The second kappa shape index (κ2) is 52.5. The highest BCUT2D eigenvalue weighted by molar-refractivity contribution is 9.11. The number of carbonyl (C=O) groups is 1. The van der Waals surface area contributed by atoms with Crippen molar-refractivity contribution in [2.45, 2.75) is 198 Å². The number of oxime groups is 2. The third-order valence-corrected chi connectivity index (χ3v) is 18.4. The van der Waals surface area contributed by atoms with Gasteiger partial charge in [-0.15, -0.1) is 0 Å². The lowest BCUT2D eigenvalue weighted by atomic mass is 9.49. The molecule has 0 bridgehead atoms. The number of carbonyl (C=O) groups excluding carboxylic acids is 1. The van der Waals surface area contributed by atoms with Crippen LogP contribution in [0.3, 0.4) is 0 Å². The van der Waals surface area contributed by atoms with E-state index in [1.165, 1.54) is 68.7 Å². The molecule has 34 heteroatoms. The van der Waals surface area contributed by atoms with Crippen LogP contribution in [0.5, 0.6) is 0 Å². The van der Waals surface area contributed by atoms with E-state index < -0.39 is 37.3 Å². The molecular formula is C75H120B3Br5ClF4N9O12. The second-order valence-electron chi connectivity index (χ2n) is 23.8. The van der Waals surface area contributed by atoms with Crippen LogP contribution in [0.2, 0.25) is 0 Å². The Labute approximate surface area is 695 Å². The molecule has 616 valence electrons. The van der Waals surface area contributed by atoms with Crippen molar-refractivity contribution < 1.29 is 75.0 Å². The van der Waals surface area contributed by atoms with E-state index in [-0.39, 0.29) is 156 Å². The number of nitrogens with two attached hydrogens (primary N) is 1. The third kappa shape index (κ3) is 32.3. The molecule has 6 aromatic carbocycles. The number of halogens is 10. The lowest BCUT2D eigenvalue weighted by Gasteiger charge is -2.32. The van der Waals surface area contributed by atoms with E-state index in [0.29, 0.717) is 15.2 Å². The maximum atomic E-state index is 13.1. The van der Waals surface area contributed by atoms with Crippen molar-refractivity contribution in [2.24, 2.45) is 21.0 Å². The number of anilines is 2. The molecule has 0 radical (unpaired) electrons. The average molecular weight is 1880 g/mol. The SMILES string of the molecule is C.C.C.C.C.C.C.C.C.C.C.CC1(C)OB(B2OC(C)(C)C(C)(C)O2)OC1(C)C.CN.CN=C(NO)c1cc(Br)ccc1F.CNc1noc2ccc(B3OC(C)(C)C(C)(C)O3)cc12.CNc1noc2ccc(Br)cc12.O/N=C(/Cl)c1cc(Br)ccc1F.O/N=C\c1cc(Br)ccc1F.O=Cc1cc(Br)ccc1F. The lowest BCUT2D eigenvalue weighted by Crippen LogP contribution is -2.41. The van der Waals surface area contributed by atoms with E-state index in [2.05, 4.69) is 122 Å². The Bertz CT molecular complexity index is 3990. The molecule has 3 fully saturated rings. The highest BCUT2D eigenvalue weighted by Crippen LogP contribution is 2.43. The van der Waals surface area contributed by atoms with Crippen LogP contribution < -0.4 is 27.3 Å².